The second kappa shape index (κ2) is 6.47. The third-order valence-corrected chi connectivity index (χ3v) is 4.46. The Labute approximate surface area is 132 Å². The minimum Gasteiger partial charge on any atom is -0.261 e. The lowest BCUT2D eigenvalue weighted by molar-refractivity contribution is 0.702. The van der Waals surface area contributed by atoms with Crippen LogP contribution in [0.4, 0.5) is 5.82 Å². The highest BCUT2D eigenvalue weighted by molar-refractivity contribution is 5.88. The Morgan fingerprint density at radius 3 is 2.36 bits per heavy atom. The Hall–Kier alpha value is -1.90. The molecule has 1 aliphatic rings. The Kier molecular flexibility index (Phi) is 4.41. The molecule has 1 aliphatic carbocycles. The molecule has 3 nitrogen and oxygen atoms in total. The molecule has 1 heterocycles. The van der Waals surface area contributed by atoms with Crippen molar-refractivity contribution in [2.75, 3.05) is 5.43 Å². The summed E-state index contributed by atoms with van der Waals surface area (Å²) >= 11 is 0. The molecule has 0 saturated heterocycles. The van der Waals surface area contributed by atoms with Crippen LogP contribution < -0.4 is 5.43 Å². The SMILES string of the molecule is Cc1cc(C)c2nc(NN=C3CCCCCC3)cc(C)c2c1. The number of hydrazone groups is 1. The van der Waals surface area contributed by atoms with Crippen LogP contribution in [0.15, 0.2) is 23.3 Å². The van der Waals surface area contributed by atoms with Gasteiger partial charge in [0.15, 0.2) is 0 Å². The minimum atomic E-state index is 0.855. The van der Waals surface area contributed by atoms with E-state index in [1.807, 2.05) is 0 Å². The quantitative estimate of drug-likeness (QED) is 0.604. The zero-order valence-corrected chi connectivity index (χ0v) is 13.9. The van der Waals surface area contributed by atoms with Crippen molar-refractivity contribution in [1.82, 2.24) is 4.98 Å². The summed E-state index contributed by atoms with van der Waals surface area (Å²) in [4.78, 5) is 4.77. The number of fused-ring (bicyclic) bond motifs is 1. The number of nitrogens with zero attached hydrogens (tertiary/aromatic N) is 2. The number of pyridine rings is 1. The first kappa shape index (κ1) is 15.0. The maximum absolute atomic E-state index is 4.77. The van der Waals surface area contributed by atoms with Gasteiger partial charge in [0.2, 0.25) is 0 Å². The van der Waals surface area contributed by atoms with Crippen LogP contribution in [0.1, 0.15) is 55.2 Å². The fourth-order valence-corrected chi connectivity index (χ4v) is 3.29. The molecule has 3 rings (SSSR count). The summed E-state index contributed by atoms with van der Waals surface area (Å²) in [5, 5.41) is 5.85. The van der Waals surface area contributed by atoms with Gasteiger partial charge in [-0.15, -0.1) is 0 Å². The van der Waals surface area contributed by atoms with E-state index in [0.29, 0.717) is 0 Å². The van der Waals surface area contributed by atoms with E-state index < -0.39 is 0 Å². The molecular weight excluding hydrogens is 270 g/mol. The fraction of sp³-hybridized carbons (Fsp3) is 0.474. The van der Waals surface area contributed by atoms with Gasteiger partial charge < -0.3 is 0 Å². The number of hydrogen-bond donors (Lipinski definition) is 1. The summed E-state index contributed by atoms with van der Waals surface area (Å²) in [5.74, 6) is 0.855. The molecule has 1 N–H and O–H groups in total. The normalized spacial score (nSPS) is 15.7. The Balaban J connectivity index is 1.90. The van der Waals surface area contributed by atoms with Gasteiger partial charge in [0.05, 0.1) is 5.52 Å². The summed E-state index contributed by atoms with van der Waals surface area (Å²) in [7, 11) is 0. The molecule has 0 atom stereocenters. The molecular formula is C19H25N3. The van der Waals surface area contributed by atoms with Crippen molar-refractivity contribution in [1.29, 1.82) is 0 Å². The first-order valence-electron chi connectivity index (χ1n) is 8.33. The summed E-state index contributed by atoms with van der Waals surface area (Å²) in [5.41, 5.74) is 9.32. The average Bonchev–Trinajstić information content (AvgIpc) is 2.75. The fourth-order valence-electron chi connectivity index (χ4n) is 3.29. The lowest BCUT2D eigenvalue weighted by atomic mass is 10.0. The van der Waals surface area contributed by atoms with Crippen LogP contribution in [0.5, 0.6) is 0 Å². The Morgan fingerprint density at radius 2 is 1.64 bits per heavy atom. The van der Waals surface area contributed by atoms with Gasteiger partial charge in [-0.05, 0) is 69.7 Å². The van der Waals surface area contributed by atoms with E-state index >= 15 is 0 Å². The minimum absolute atomic E-state index is 0.855. The predicted octanol–water partition coefficient (Wildman–Crippen LogP) is 5.28. The lowest BCUT2D eigenvalue weighted by Crippen LogP contribution is -2.02. The summed E-state index contributed by atoms with van der Waals surface area (Å²) < 4.78 is 0. The number of nitrogens with one attached hydrogen (secondary N) is 1. The first-order valence-corrected chi connectivity index (χ1v) is 8.33. The summed E-state index contributed by atoms with van der Waals surface area (Å²) in [6.45, 7) is 6.41. The molecule has 0 spiro atoms. The van der Waals surface area contributed by atoms with E-state index in [1.54, 1.807) is 0 Å². The van der Waals surface area contributed by atoms with Gasteiger partial charge in [-0.25, -0.2) is 4.98 Å². The largest absolute Gasteiger partial charge is 0.261 e. The number of aromatic nitrogens is 1. The molecule has 0 unspecified atom stereocenters. The van der Waals surface area contributed by atoms with Crippen molar-refractivity contribution < 1.29 is 0 Å². The van der Waals surface area contributed by atoms with E-state index in [1.165, 1.54) is 53.5 Å². The molecule has 0 aliphatic heterocycles. The van der Waals surface area contributed by atoms with Gasteiger partial charge in [0, 0.05) is 11.1 Å². The van der Waals surface area contributed by atoms with Crippen LogP contribution in [-0.4, -0.2) is 10.7 Å². The van der Waals surface area contributed by atoms with Crippen LogP contribution in [0.2, 0.25) is 0 Å². The first-order chi connectivity index (χ1) is 10.6. The number of anilines is 1. The maximum Gasteiger partial charge on any atom is 0.147 e. The van der Waals surface area contributed by atoms with Gasteiger partial charge >= 0.3 is 0 Å². The third kappa shape index (κ3) is 3.29. The van der Waals surface area contributed by atoms with Gasteiger partial charge in [-0.1, -0.05) is 24.5 Å². The molecule has 1 saturated carbocycles. The van der Waals surface area contributed by atoms with Gasteiger partial charge in [-0.3, -0.25) is 5.43 Å². The predicted molar refractivity (Wildman–Crippen MR) is 94.7 cm³/mol. The van der Waals surface area contributed by atoms with Crippen LogP contribution in [0.3, 0.4) is 0 Å². The molecule has 2 aromatic rings. The van der Waals surface area contributed by atoms with Crippen molar-refractivity contribution in [2.24, 2.45) is 5.10 Å². The van der Waals surface area contributed by atoms with Gasteiger partial charge in [0.1, 0.15) is 5.82 Å². The molecule has 22 heavy (non-hydrogen) atoms. The van der Waals surface area contributed by atoms with Gasteiger partial charge in [-0.2, -0.15) is 5.10 Å². The standard InChI is InChI=1S/C19H25N3/c1-13-10-15(3)19-17(11-13)14(2)12-18(20-19)22-21-16-8-6-4-5-7-9-16/h10-12H,4-9H2,1-3H3,(H,20,22). The molecule has 3 heteroatoms. The zero-order chi connectivity index (χ0) is 15.5. The molecule has 1 aromatic carbocycles. The number of rotatable bonds is 2. The van der Waals surface area contributed by atoms with Crippen LogP contribution >= 0.6 is 0 Å². The highest BCUT2D eigenvalue weighted by Crippen LogP contribution is 2.25. The van der Waals surface area contributed by atoms with Crippen molar-refractivity contribution in [3.8, 4) is 0 Å². The van der Waals surface area contributed by atoms with E-state index in [0.717, 1.165) is 24.2 Å². The lowest BCUT2D eigenvalue weighted by Gasteiger charge is -2.10. The highest BCUT2D eigenvalue weighted by atomic mass is 15.3. The highest BCUT2D eigenvalue weighted by Gasteiger charge is 2.08. The van der Waals surface area contributed by atoms with Crippen LogP contribution in [0, 0.1) is 20.8 Å². The number of benzene rings is 1. The number of aryl methyl sites for hydroxylation is 3. The second-order valence-electron chi connectivity index (χ2n) is 6.51. The summed E-state index contributed by atoms with van der Waals surface area (Å²) in [6, 6.07) is 6.50. The van der Waals surface area contributed by atoms with Gasteiger partial charge in [0.25, 0.3) is 0 Å². The molecule has 116 valence electrons. The molecule has 1 fully saturated rings. The smallest absolute Gasteiger partial charge is 0.147 e. The monoisotopic (exact) mass is 295 g/mol. The Bertz CT molecular complexity index is 706. The second-order valence-corrected chi connectivity index (χ2v) is 6.51. The van der Waals surface area contributed by atoms with Crippen LogP contribution in [0.25, 0.3) is 10.9 Å². The van der Waals surface area contributed by atoms with E-state index in [-0.39, 0.29) is 0 Å². The molecule has 0 radical (unpaired) electrons. The molecule has 1 aromatic heterocycles. The van der Waals surface area contributed by atoms with E-state index in [9.17, 15) is 0 Å². The van der Waals surface area contributed by atoms with Crippen molar-refractivity contribution in [2.45, 2.75) is 59.3 Å². The average molecular weight is 295 g/mol. The number of hydrogen-bond acceptors (Lipinski definition) is 3. The Morgan fingerprint density at radius 1 is 0.909 bits per heavy atom. The molecule has 0 amide bonds. The van der Waals surface area contributed by atoms with E-state index in [4.69, 9.17) is 4.98 Å². The van der Waals surface area contributed by atoms with E-state index in [2.05, 4.69) is 49.5 Å². The van der Waals surface area contributed by atoms with Crippen molar-refractivity contribution in [3.63, 3.8) is 0 Å². The zero-order valence-electron chi connectivity index (χ0n) is 13.9. The molecule has 0 bridgehead atoms. The maximum atomic E-state index is 4.77. The van der Waals surface area contributed by atoms with Crippen molar-refractivity contribution >= 4 is 22.4 Å². The van der Waals surface area contributed by atoms with Crippen molar-refractivity contribution in [3.05, 3.63) is 34.9 Å². The topological polar surface area (TPSA) is 37.3 Å². The third-order valence-electron chi connectivity index (χ3n) is 4.46. The summed E-state index contributed by atoms with van der Waals surface area (Å²) in [6.07, 6.45) is 7.46. The van der Waals surface area contributed by atoms with Crippen LogP contribution in [-0.2, 0) is 0 Å².